The molecule has 10 heteroatoms. The van der Waals surface area contributed by atoms with Gasteiger partial charge in [-0.1, -0.05) is 0 Å². The van der Waals surface area contributed by atoms with E-state index in [2.05, 4.69) is 20.4 Å². The molecule has 1 atom stereocenters. The number of carbonyl (C=O) groups is 1. The summed E-state index contributed by atoms with van der Waals surface area (Å²) in [6.07, 6.45) is 6.16. The average Bonchev–Trinajstić information content (AvgIpc) is 3.37. The molecule has 0 bridgehead atoms. The van der Waals surface area contributed by atoms with E-state index >= 15 is 0 Å². The van der Waals surface area contributed by atoms with Crippen LogP contribution in [0, 0.1) is 0 Å². The molecule has 3 heterocycles. The highest BCUT2D eigenvalue weighted by Crippen LogP contribution is 2.40. The number of amides is 1. The van der Waals surface area contributed by atoms with E-state index in [1.54, 1.807) is 41.6 Å². The third-order valence-electron chi connectivity index (χ3n) is 5.25. The Morgan fingerprint density at radius 3 is 2.61 bits per heavy atom. The topological polar surface area (TPSA) is 110 Å². The first-order valence-corrected chi connectivity index (χ1v) is 11.8. The number of anilines is 1. The van der Waals surface area contributed by atoms with Crippen molar-refractivity contribution >= 4 is 21.6 Å². The Kier molecular flexibility index (Phi) is 5.48. The van der Waals surface area contributed by atoms with Crippen LogP contribution in [0.4, 0.5) is 5.69 Å². The SMILES string of the molecule is CC(C)n1cnc([C@H]2CN(S(C)(=O)=O)c3ccc(C(=O)NCc4ccncc4)cc32)n1. The van der Waals surface area contributed by atoms with Gasteiger partial charge in [-0.15, -0.1) is 0 Å². The van der Waals surface area contributed by atoms with Gasteiger partial charge in [0.05, 0.1) is 17.9 Å². The summed E-state index contributed by atoms with van der Waals surface area (Å²) in [5.74, 6) is -0.0510. The first kappa shape index (κ1) is 21.0. The number of carbonyl (C=O) groups excluding carboxylic acids is 1. The van der Waals surface area contributed by atoms with Gasteiger partial charge in [-0.3, -0.25) is 18.8 Å². The van der Waals surface area contributed by atoms with E-state index in [0.29, 0.717) is 23.6 Å². The van der Waals surface area contributed by atoms with Gasteiger partial charge >= 0.3 is 0 Å². The molecule has 31 heavy (non-hydrogen) atoms. The summed E-state index contributed by atoms with van der Waals surface area (Å²) in [4.78, 5) is 21.1. The first-order valence-electron chi connectivity index (χ1n) is 9.94. The quantitative estimate of drug-likeness (QED) is 0.629. The summed E-state index contributed by atoms with van der Waals surface area (Å²) in [5.41, 5.74) is 2.67. The molecule has 0 saturated heterocycles. The third kappa shape index (κ3) is 4.29. The Bertz CT molecular complexity index is 1210. The van der Waals surface area contributed by atoms with E-state index in [0.717, 1.165) is 11.1 Å². The number of aromatic nitrogens is 4. The molecule has 9 nitrogen and oxygen atoms in total. The second kappa shape index (κ2) is 8.10. The van der Waals surface area contributed by atoms with Gasteiger partial charge < -0.3 is 5.32 Å². The van der Waals surface area contributed by atoms with Crippen molar-refractivity contribution < 1.29 is 13.2 Å². The van der Waals surface area contributed by atoms with Crippen LogP contribution in [0.5, 0.6) is 0 Å². The molecule has 0 radical (unpaired) electrons. The van der Waals surface area contributed by atoms with Crippen molar-refractivity contribution in [3.8, 4) is 0 Å². The van der Waals surface area contributed by atoms with E-state index in [9.17, 15) is 13.2 Å². The molecule has 0 spiro atoms. The van der Waals surface area contributed by atoms with Gasteiger partial charge in [0.2, 0.25) is 10.0 Å². The summed E-state index contributed by atoms with van der Waals surface area (Å²) < 4.78 is 27.8. The van der Waals surface area contributed by atoms with Crippen LogP contribution < -0.4 is 9.62 Å². The zero-order chi connectivity index (χ0) is 22.2. The van der Waals surface area contributed by atoms with Gasteiger partial charge in [0.15, 0.2) is 5.82 Å². The highest BCUT2D eigenvalue weighted by atomic mass is 32.2. The van der Waals surface area contributed by atoms with Gasteiger partial charge in [0.25, 0.3) is 5.91 Å². The normalized spacial score (nSPS) is 15.9. The van der Waals surface area contributed by atoms with Crippen molar-refractivity contribution in [2.45, 2.75) is 32.4 Å². The van der Waals surface area contributed by atoms with Crippen LogP contribution >= 0.6 is 0 Å². The van der Waals surface area contributed by atoms with Crippen LogP contribution in [-0.2, 0) is 16.6 Å². The fourth-order valence-corrected chi connectivity index (χ4v) is 4.52. The summed E-state index contributed by atoms with van der Waals surface area (Å²) in [5, 5.41) is 7.42. The van der Waals surface area contributed by atoms with Crippen molar-refractivity contribution in [2.24, 2.45) is 0 Å². The Morgan fingerprint density at radius 1 is 1.23 bits per heavy atom. The zero-order valence-corrected chi connectivity index (χ0v) is 18.4. The van der Waals surface area contributed by atoms with Crippen LogP contribution in [0.1, 0.15) is 53.1 Å². The number of benzene rings is 1. The lowest BCUT2D eigenvalue weighted by Crippen LogP contribution is -2.29. The number of nitrogens with zero attached hydrogens (tertiary/aromatic N) is 5. The number of nitrogens with one attached hydrogen (secondary N) is 1. The van der Waals surface area contributed by atoms with Crippen molar-refractivity contribution in [3.05, 3.63) is 71.6 Å². The first-order chi connectivity index (χ1) is 14.7. The Hall–Kier alpha value is -3.27. The molecule has 4 rings (SSSR count). The van der Waals surface area contributed by atoms with Gasteiger partial charge in [-0.25, -0.2) is 13.4 Å². The van der Waals surface area contributed by atoms with Crippen molar-refractivity contribution in [1.82, 2.24) is 25.1 Å². The predicted octanol–water partition coefficient (Wildman–Crippen LogP) is 2.10. The summed E-state index contributed by atoms with van der Waals surface area (Å²) in [6.45, 7) is 4.57. The van der Waals surface area contributed by atoms with Gasteiger partial charge in [0, 0.05) is 37.1 Å². The lowest BCUT2D eigenvalue weighted by atomic mass is 9.98. The van der Waals surface area contributed by atoms with E-state index in [1.165, 1.54) is 10.6 Å². The zero-order valence-electron chi connectivity index (χ0n) is 17.6. The van der Waals surface area contributed by atoms with Crippen LogP contribution in [0.3, 0.4) is 0 Å². The fraction of sp³-hybridized carbons (Fsp3) is 0.333. The van der Waals surface area contributed by atoms with Crippen molar-refractivity contribution in [3.63, 3.8) is 0 Å². The van der Waals surface area contributed by atoms with Crippen LogP contribution in [0.25, 0.3) is 0 Å². The number of hydrogen-bond donors (Lipinski definition) is 1. The predicted molar refractivity (Wildman–Crippen MR) is 116 cm³/mol. The van der Waals surface area contributed by atoms with Crippen molar-refractivity contribution in [1.29, 1.82) is 0 Å². The maximum absolute atomic E-state index is 12.7. The van der Waals surface area contributed by atoms with E-state index in [-0.39, 0.29) is 24.4 Å². The molecule has 1 N–H and O–H groups in total. The average molecular weight is 441 g/mol. The molecule has 162 valence electrons. The molecule has 0 fully saturated rings. The van der Waals surface area contributed by atoms with Crippen molar-refractivity contribution in [2.75, 3.05) is 17.1 Å². The van der Waals surface area contributed by atoms with Gasteiger partial charge in [-0.05, 0) is 55.3 Å². The number of sulfonamides is 1. The lowest BCUT2D eigenvalue weighted by molar-refractivity contribution is 0.0951. The molecule has 1 aliphatic rings. The molecule has 0 unspecified atom stereocenters. The number of rotatable bonds is 6. The summed E-state index contributed by atoms with van der Waals surface area (Å²) >= 11 is 0. The molecule has 1 aromatic carbocycles. The number of hydrogen-bond acceptors (Lipinski definition) is 6. The van der Waals surface area contributed by atoms with Gasteiger partial charge in [-0.2, -0.15) is 5.10 Å². The van der Waals surface area contributed by atoms with E-state index in [1.807, 2.05) is 26.0 Å². The highest BCUT2D eigenvalue weighted by molar-refractivity contribution is 7.92. The van der Waals surface area contributed by atoms with Crippen LogP contribution in [0.2, 0.25) is 0 Å². The molecule has 0 aliphatic carbocycles. The molecule has 3 aromatic rings. The second-order valence-corrected chi connectivity index (χ2v) is 9.74. The Balaban J connectivity index is 1.65. The van der Waals surface area contributed by atoms with Crippen LogP contribution in [0.15, 0.2) is 49.1 Å². The monoisotopic (exact) mass is 440 g/mol. The molecular weight excluding hydrogens is 416 g/mol. The largest absolute Gasteiger partial charge is 0.348 e. The van der Waals surface area contributed by atoms with Gasteiger partial charge in [0.1, 0.15) is 6.33 Å². The van der Waals surface area contributed by atoms with E-state index in [4.69, 9.17) is 0 Å². The maximum Gasteiger partial charge on any atom is 0.251 e. The minimum atomic E-state index is -3.48. The molecule has 2 aromatic heterocycles. The third-order valence-corrected chi connectivity index (χ3v) is 6.40. The Labute approximate surface area is 181 Å². The lowest BCUT2D eigenvalue weighted by Gasteiger charge is -2.16. The Morgan fingerprint density at radius 2 is 1.97 bits per heavy atom. The molecular formula is C21H24N6O3S. The number of fused-ring (bicyclic) bond motifs is 1. The fourth-order valence-electron chi connectivity index (χ4n) is 3.58. The minimum absolute atomic E-state index is 0.137. The minimum Gasteiger partial charge on any atom is -0.348 e. The van der Waals surface area contributed by atoms with Crippen LogP contribution in [-0.4, -0.2) is 46.9 Å². The number of pyridine rings is 1. The summed E-state index contributed by atoms with van der Waals surface area (Å²) in [7, 11) is -3.48. The standard InChI is InChI=1S/C21H24N6O3S/c1-14(2)26-13-24-20(25-26)18-12-27(31(3,29)30)19-5-4-16(10-17(18)19)21(28)23-11-15-6-8-22-9-7-15/h4-10,13-14,18H,11-12H2,1-3H3,(H,23,28)/t18-/m0/s1. The summed E-state index contributed by atoms with van der Waals surface area (Å²) in [6, 6.07) is 8.86. The van der Waals surface area contributed by atoms with E-state index < -0.39 is 10.0 Å². The second-order valence-electron chi connectivity index (χ2n) is 7.83. The molecule has 1 aliphatic heterocycles. The smallest absolute Gasteiger partial charge is 0.251 e. The maximum atomic E-state index is 12.7. The molecule has 0 saturated carbocycles. The molecule has 1 amide bonds. The highest BCUT2D eigenvalue weighted by Gasteiger charge is 2.37.